The number of aliphatic hydroxyl groups is 1. The summed E-state index contributed by atoms with van der Waals surface area (Å²) in [5, 5.41) is 10.0. The van der Waals surface area contributed by atoms with Crippen LogP contribution in [0.5, 0.6) is 0 Å². The van der Waals surface area contributed by atoms with Crippen LogP contribution in [0, 0.1) is 0 Å². The fourth-order valence-electron chi connectivity index (χ4n) is 1.46. The third-order valence-electron chi connectivity index (χ3n) is 2.24. The molecule has 76 valence electrons. The molecule has 2 aromatic rings. The molecule has 0 aliphatic heterocycles. The van der Waals surface area contributed by atoms with Crippen molar-refractivity contribution in [2.75, 3.05) is 5.73 Å². The van der Waals surface area contributed by atoms with Crippen molar-refractivity contribution in [1.29, 1.82) is 0 Å². The number of nitrogens with two attached hydrogens (primary N) is 1. The number of hydrogen-bond acceptors (Lipinski definition) is 3. The molecule has 1 aromatic carbocycles. The molecule has 2 rings (SSSR count). The lowest BCUT2D eigenvalue weighted by Gasteiger charge is -2.11. The summed E-state index contributed by atoms with van der Waals surface area (Å²) in [7, 11) is 0. The Morgan fingerprint density at radius 3 is 2.47 bits per heavy atom. The van der Waals surface area contributed by atoms with E-state index >= 15 is 0 Å². The van der Waals surface area contributed by atoms with Gasteiger partial charge in [-0.1, -0.05) is 30.3 Å². The van der Waals surface area contributed by atoms with Crippen molar-refractivity contribution in [2.24, 2.45) is 0 Å². The lowest BCUT2D eigenvalue weighted by atomic mass is 10.0. The maximum absolute atomic E-state index is 10.0. The highest BCUT2D eigenvalue weighted by atomic mass is 16.3. The normalized spacial score (nSPS) is 12.3. The van der Waals surface area contributed by atoms with Gasteiger partial charge in [0.2, 0.25) is 0 Å². The minimum atomic E-state index is -0.642. The van der Waals surface area contributed by atoms with Gasteiger partial charge in [-0.25, -0.2) is 4.98 Å². The smallest absolute Gasteiger partial charge is 0.123 e. The number of nitrogens with zero attached hydrogens (tertiary/aromatic N) is 1. The monoisotopic (exact) mass is 200 g/mol. The van der Waals surface area contributed by atoms with E-state index < -0.39 is 6.10 Å². The Bertz CT molecular complexity index is 442. The van der Waals surface area contributed by atoms with Crippen LogP contribution in [0.1, 0.15) is 17.2 Å². The fraction of sp³-hybridized carbons (Fsp3) is 0.0833. The van der Waals surface area contributed by atoms with Crippen molar-refractivity contribution in [1.82, 2.24) is 4.98 Å². The van der Waals surface area contributed by atoms with Crippen LogP contribution in [0.4, 0.5) is 5.82 Å². The van der Waals surface area contributed by atoms with Crippen LogP contribution in [-0.4, -0.2) is 10.1 Å². The standard InChI is InChI=1S/C12H12N2O/c13-11-8-10(6-7-14-11)12(15)9-4-2-1-3-5-9/h1-8,12,15H,(H2,13,14). The Kier molecular flexibility index (Phi) is 2.65. The third kappa shape index (κ3) is 2.14. The average Bonchev–Trinajstić information content (AvgIpc) is 2.29. The van der Waals surface area contributed by atoms with Gasteiger partial charge in [0.25, 0.3) is 0 Å². The molecule has 0 saturated carbocycles. The summed E-state index contributed by atoms with van der Waals surface area (Å²) in [6, 6.07) is 12.9. The average molecular weight is 200 g/mol. The van der Waals surface area contributed by atoms with Crippen molar-refractivity contribution in [3.8, 4) is 0 Å². The van der Waals surface area contributed by atoms with E-state index in [1.807, 2.05) is 30.3 Å². The number of aromatic nitrogens is 1. The van der Waals surface area contributed by atoms with Crippen LogP contribution >= 0.6 is 0 Å². The number of pyridine rings is 1. The van der Waals surface area contributed by atoms with Crippen LogP contribution in [0.25, 0.3) is 0 Å². The second kappa shape index (κ2) is 4.11. The summed E-state index contributed by atoms with van der Waals surface area (Å²) < 4.78 is 0. The number of hydrogen-bond donors (Lipinski definition) is 2. The number of aliphatic hydroxyl groups excluding tert-OH is 1. The molecule has 0 fully saturated rings. The quantitative estimate of drug-likeness (QED) is 0.776. The summed E-state index contributed by atoms with van der Waals surface area (Å²) in [4.78, 5) is 3.88. The Balaban J connectivity index is 2.32. The first-order valence-electron chi connectivity index (χ1n) is 4.72. The van der Waals surface area contributed by atoms with Crippen molar-refractivity contribution >= 4 is 5.82 Å². The zero-order valence-electron chi connectivity index (χ0n) is 8.17. The van der Waals surface area contributed by atoms with Gasteiger partial charge in [-0.05, 0) is 23.3 Å². The van der Waals surface area contributed by atoms with Gasteiger partial charge in [0.1, 0.15) is 11.9 Å². The van der Waals surface area contributed by atoms with Gasteiger partial charge in [-0.2, -0.15) is 0 Å². The molecule has 3 heteroatoms. The maximum Gasteiger partial charge on any atom is 0.123 e. The molecular formula is C12H12N2O. The van der Waals surface area contributed by atoms with Crippen molar-refractivity contribution < 1.29 is 5.11 Å². The number of nitrogen functional groups attached to an aromatic ring is 1. The first-order valence-corrected chi connectivity index (χ1v) is 4.72. The molecule has 3 N–H and O–H groups in total. The highest BCUT2D eigenvalue weighted by Gasteiger charge is 2.09. The van der Waals surface area contributed by atoms with Crippen LogP contribution < -0.4 is 5.73 Å². The molecule has 0 saturated heterocycles. The first-order chi connectivity index (χ1) is 7.27. The van der Waals surface area contributed by atoms with E-state index in [0.717, 1.165) is 11.1 Å². The van der Waals surface area contributed by atoms with Gasteiger partial charge in [0, 0.05) is 6.20 Å². The molecule has 1 unspecified atom stereocenters. The number of anilines is 1. The van der Waals surface area contributed by atoms with Gasteiger partial charge < -0.3 is 10.8 Å². The Morgan fingerprint density at radius 2 is 1.80 bits per heavy atom. The number of benzene rings is 1. The third-order valence-corrected chi connectivity index (χ3v) is 2.24. The fourth-order valence-corrected chi connectivity index (χ4v) is 1.46. The van der Waals surface area contributed by atoms with Crippen LogP contribution in [0.3, 0.4) is 0 Å². The van der Waals surface area contributed by atoms with Gasteiger partial charge >= 0.3 is 0 Å². The topological polar surface area (TPSA) is 59.1 Å². The predicted molar refractivity (Wildman–Crippen MR) is 59.2 cm³/mol. The molecule has 0 aliphatic rings. The van der Waals surface area contributed by atoms with Crippen LogP contribution in [0.2, 0.25) is 0 Å². The zero-order valence-corrected chi connectivity index (χ0v) is 8.17. The predicted octanol–water partition coefficient (Wildman–Crippen LogP) is 1.75. The summed E-state index contributed by atoms with van der Waals surface area (Å²) in [6.07, 6.45) is 0.952. The highest BCUT2D eigenvalue weighted by molar-refractivity contribution is 5.37. The summed E-state index contributed by atoms with van der Waals surface area (Å²) >= 11 is 0. The van der Waals surface area contributed by atoms with E-state index in [0.29, 0.717) is 5.82 Å². The molecule has 0 amide bonds. The molecule has 0 aliphatic carbocycles. The largest absolute Gasteiger partial charge is 0.384 e. The molecule has 15 heavy (non-hydrogen) atoms. The minimum absolute atomic E-state index is 0.419. The Morgan fingerprint density at radius 1 is 1.07 bits per heavy atom. The van der Waals surface area contributed by atoms with Crippen LogP contribution in [0.15, 0.2) is 48.7 Å². The van der Waals surface area contributed by atoms with Crippen LogP contribution in [-0.2, 0) is 0 Å². The molecule has 1 atom stereocenters. The second-order valence-corrected chi connectivity index (χ2v) is 3.33. The maximum atomic E-state index is 10.0. The van der Waals surface area contributed by atoms with Crippen molar-refractivity contribution in [3.05, 3.63) is 59.8 Å². The van der Waals surface area contributed by atoms with E-state index in [2.05, 4.69) is 4.98 Å². The zero-order chi connectivity index (χ0) is 10.7. The molecule has 0 spiro atoms. The summed E-state index contributed by atoms with van der Waals surface area (Å²) in [5.74, 6) is 0.419. The molecule has 0 bridgehead atoms. The lowest BCUT2D eigenvalue weighted by molar-refractivity contribution is 0.220. The first kappa shape index (κ1) is 9.68. The Hall–Kier alpha value is -1.87. The molecule has 1 aromatic heterocycles. The van der Waals surface area contributed by atoms with Gasteiger partial charge in [0.15, 0.2) is 0 Å². The molecule has 1 heterocycles. The summed E-state index contributed by atoms with van der Waals surface area (Å²) in [6.45, 7) is 0. The van der Waals surface area contributed by atoms with Gasteiger partial charge in [0.05, 0.1) is 0 Å². The van der Waals surface area contributed by atoms with E-state index in [4.69, 9.17) is 5.73 Å². The van der Waals surface area contributed by atoms with Gasteiger partial charge in [-0.15, -0.1) is 0 Å². The molecule has 0 radical (unpaired) electrons. The second-order valence-electron chi connectivity index (χ2n) is 3.33. The van der Waals surface area contributed by atoms with Gasteiger partial charge in [-0.3, -0.25) is 0 Å². The van der Waals surface area contributed by atoms with Crippen molar-refractivity contribution in [2.45, 2.75) is 6.10 Å². The minimum Gasteiger partial charge on any atom is -0.384 e. The van der Waals surface area contributed by atoms with E-state index in [-0.39, 0.29) is 0 Å². The summed E-state index contributed by atoms with van der Waals surface area (Å²) in [5.41, 5.74) is 7.16. The van der Waals surface area contributed by atoms with Crippen molar-refractivity contribution in [3.63, 3.8) is 0 Å². The molecular weight excluding hydrogens is 188 g/mol. The Labute approximate surface area is 88.2 Å². The van der Waals surface area contributed by atoms with E-state index in [1.165, 1.54) is 0 Å². The molecule has 3 nitrogen and oxygen atoms in total. The van der Waals surface area contributed by atoms with E-state index in [9.17, 15) is 5.11 Å². The SMILES string of the molecule is Nc1cc(C(O)c2ccccc2)ccn1. The number of rotatable bonds is 2. The van der Waals surface area contributed by atoms with E-state index in [1.54, 1.807) is 18.3 Å². The highest BCUT2D eigenvalue weighted by Crippen LogP contribution is 2.21. The lowest BCUT2D eigenvalue weighted by Crippen LogP contribution is -2.01.